The SMILES string of the molecule is CCCCCCCNc1ccc(F)c(F)c1F. The van der Waals surface area contributed by atoms with E-state index in [-0.39, 0.29) is 5.69 Å². The number of halogens is 3. The van der Waals surface area contributed by atoms with E-state index in [4.69, 9.17) is 0 Å². The molecule has 17 heavy (non-hydrogen) atoms. The Balaban J connectivity index is 2.35. The molecular formula is C13H18F3N. The summed E-state index contributed by atoms with van der Waals surface area (Å²) in [4.78, 5) is 0. The van der Waals surface area contributed by atoms with Gasteiger partial charge in [0.25, 0.3) is 0 Å². The standard InChI is InChI=1S/C13H18F3N/c1-2-3-4-5-6-9-17-11-8-7-10(14)12(15)13(11)16/h7-8,17H,2-6,9H2,1H3. The second-order valence-electron chi connectivity index (χ2n) is 4.06. The minimum absolute atomic E-state index is 0.0272. The van der Waals surface area contributed by atoms with Crippen molar-refractivity contribution in [1.29, 1.82) is 0 Å². The van der Waals surface area contributed by atoms with E-state index in [1.54, 1.807) is 0 Å². The fourth-order valence-corrected chi connectivity index (χ4v) is 1.61. The summed E-state index contributed by atoms with van der Waals surface area (Å²) in [5.41, 5.74) is 0.0272. The van der Waals surface area contributed by atoms with Crippen molar-refractivity contribution in [2.75, 3.05) is 11.9 Å². The van der Waals surface area contributed by atoms with Crippen LogP contribution in [0.1, 0.15) is 39.0 Å². The number of benzene rings is 1. The van der Waals surface area contributed by atoms with Crippen molar-refractivity contribution in [3.63, 3.8) is 0 Å². The first-order valence-electron chi connectivity index (χ1n) is 6.04. The molecule has 0 atom stereocenters. The van der Waals surface area contributed by atoms with Gasteiger partial charge in [-0.1, -0.05) is 32.6 Å². The van der Waals surface area contributed by atoms with Gasteiger partial charge in [0, 0.05) is 6.54 Å². The summed E-state index contributed by atoms with van der Waals surface area (Å²) in [6.45, 7) is 2.71. The summed E-state index contributed by atoms with van der Waals surface area (Å²) >= 11 is 0. The van der Waals surface area contributed by atoms with Gasteiger partial charge in [-0.05, 0) is 18.6 Å². The third-order valence-corrected chi connectivity index (χ3v) is 2.63. The molecule has 1 nitrogen and oxygen atoms in total. The van der Waals surface area contributed by atoms with Gasteiger partial charge in [-0.15, -0.1) is 0 Å². The molecule has 0 bridgehead atoms. The minimum Gasteiger partial charge on any atom is -0.383 e. The van der Waals surface area contributed by atoms with E-state index >= 15 is 0 Å². The first kappa shape index (κ1) is 13.9. The summed E-state index contributed by atoms with van der Waals surface area (Å²) < 4.78 is 38.7. The lowest BCUT2D eigenvalue weighted by atomic mass is 10.1. The lowest BCUT2D eigenvalue weighted by Gasteiger charge is -2.08. The van der Waals surface area contributed by atoms with Gasteiger partial charge in [0.1, 0.15) is 0 Å². The zero-order chi connectivity index (χ0) is 12.7. The molecule has 1 rings (SSSR count). The molecule has 0 aliphatic carbocycles. The second-order valence-corrected chi connectivity index (χ2v) is 4.06. The number of hydrogen-bond donors (Lipinski definition) is 1. The Kier molecular flexibility index (Phi) is 5.87. The Morgan fingerprint density at radius 1 is 0.941 bits per heavy atom. The highest BCUT2D eigenvalue weighted by molar-refractivity contribution is 5.45. The predicted molar refractivity (Wildman–Crippen MR) is 63.6 cm³/mol. The van der Waals surface area contributed by atoms with Gasteiger partial charge in [0.05, 0.1) is 5.69 Å². The summed E-state index contributed by atoms with van der Waals surface area (Å²) in [7, 11) is 0. The van der Waals surface area contributed by atoms with Crippen molar-refractivity contribution >= 4 is 5.69 Å². The Bertz CT molecular complexity index is 353. The topological polar surface area (TPSA) is 12.0 Å². The van der Waals surface area contributed by atoms with E-state index in [2.05, 4.69) is 12.2 Å². The molecule has 0 radical (unpaired) electrons. The van der Waals surface area contributed by atoms with Crippen molar-refractivity contribution < 1.29 is 13.2 Å². The largest absolute Gasteiger partial charge is 0.383 e. The van der Waals surface area contributed by atoms with Gasteiger partial charge in [-0.2, -0.15) is 0 Å². The van der Waals surface area contributed by atoms with Gasteiger partial charge in [0.2, 0.25) is 0 Å². The molecule has 1 N–H and O–H groups in total. The first-order valence-corrected chi connectivity index (χ1v) is 6.04. The van der Waals surface area contributed by atoms with E-state index in [1.807, 2.05) is 0 Å². The monoisotopic (exact) mass is 245 g/mol. The van der Waals surface area contributed by atoms with Gasteiger partial charge in [-0.3, -0.25) is 0 Å². The van der Waals surface area contributed by atoms with E-state index in [0.29, 0.717) is 6.54 Å². The maximum absolute atomic E-state index is 13.2. The molecule has 96 valence electrons. The fraction of sp³-hybridized carbons (Fsp3) is 0.538. The van der Waals surface area contributed by atoms with Gasteiger partial charge < -0.3 is 5.32 Å². The summed E-state index contributed by atoms with van der Waals surface area (Å²) in [6.07, 6.45) is 5.48. The molecule has 0 amide bonds. The van der Waals surface area contributed by atoms with Crippen molar-refractivity contribution in [1.82, 2.24) is 0 Å². The maximum atomic E-state index is 13.2. The molecule has 0 heterocycles. The van der Waals surface area contributed by atoms with Gasteiger partial charge in [-0.25, -0.2) is 13.2 Å². The molecule has 0 saturated heterocycles. The van der Waals surface area contributed by atoms with E-state index in [1.165, 1.54) is 18.9 Å². The van der Waals surface area contributed by atoms with Crippen LogP contribution in [0.3, 0.4) is 0 Å². The molecule has 0 aliphatic heterocycles. The molecule has 4 heteroatoms. The molecule has 0 unspecified atom stereocenters. The number of unbranched alkanes of at least 4 members (excludes halogenated alkanes) is 4. The molecule has 0 fully saturated rings. The van der Waals surface area contributed by atoms with Crippen LogP contribution in [0.5, 0.6) is 0 Å². The summed E-state index contributed by atoms with van der Waals surface area (Å²) in [5, 5.41) is 2.78. The fourth-order valence-electron chi connectivity index (χ4n) is 1.61. The molecule has 0 saturated carbocycles. The lowest BCUT2D eigenvalue weighted by molar-refractivity contribution is 0.449. The van der Waals surface area contributed by atoms with Crippen molar-refractivity contribution in [2.24, 2.45) is 0 Å². The lowest BCUT2D eigenvalue weighted by Crippen LogP contribution is -2.05. The Morgan fingerprint density at radius 2 is 1.65 bits per heavy atom. The van der Waals surface area contributed by atoms with Crippen LogP contribution in [0.4, 0.5) is 18.9 Å². The van der Waals surface area contributed by atoms with E-state index < -0.39 is 17.5 Å². The van der Waals surface area contributed by atoms with E-state index in [0.717, 1.165) is 25.3 Å². The molecule has 1 aromatic rings. The van der Waals surface area contributed by atoms with Crippen LogP contribution in [-0.2, 0) is 0 Å². The third kappa shape index (κ3) is 4.29. The molecule has 0 aliphatic rings. The Morgan fingerprint density at radius 3 is 2.35 bits per heavy atom. The number of hydrogen-bond acceptors (Lipinski definition) is 1. The van der Waals surface area contributed by atoms with Crippen LogP contribution < -0.4 is 5.32 Å². The summed E-state index contributed by atoms with van der Waals surface area (Å²) in [6, 6.07) is 2.15. The first-order chi connectivity index (χ1) is 8.16. The number of nitrogens with one attached hydrogen (secondary N) is 1. The average Bonchev–Trinajstić information content (AvgIpc) is 2.33. The highest BCUT2D eigenvalue weighted by Crippen LogP contribution is 2.19. The molecule has 0 spiro atoms. The van der Waals surface area contributed by atoms with E-state index in [9.17, 15) is 13.2 Å². The zero-order valence-electron chi connectivity index (χ0n) is 10.0. The van der Waals surface area contributed by atoms with Crippen LogP contribution in [0.15, 0.2) is 12.1 Å². The van der Waals surface area contributed by atoms with Crippen LogP contribution in [0.2, 0.25) is 0 Å². The van der Waals surface area contributed by atoms with Gasteiger partial charge >= 0.3 is 0 Å². The Hall–Kier alpha value is -1.19. The predicted octanol–water partition coefficient (Wildman–Crippen LogP) is 4.49. The van der Waals surface area contributed by atoms with Crippen molar-refractivity contribution in [3.05, 3.63) is 29.6 Å². The minimum atomic E-state index is -1.42. The normalized spacial score (nSPS) is 10.6. The maximum Gasteiger partial charge on any atom is 0.196 e. The quantitative estimate of drug-likeness (QED) is 0.551. The molecular weight excluding hydrogens is 227 g/mol. The van der Waals surface area contributed by atoms with Crippen molar-refractivity contribution in [2.45, 2.75) is 39.0 Å². The zero-order valence-corrected chi connectivity index (χ0v) is 10.0. The van der Waals surface area contributed by atoms with Crippen LogP contribution in [0, 0.1) is 17.5 Å². The summed E-state index contributed by atoms with van der Waals surface area (Å²) in [5.74, 6) is -3.71. The number of rotatable bonds is 7. The van der Waals surface area contributed by atoms with Crippen LogP contribution in [-0.4, -0.2) is 6.54 Å². The van der Waals surface area contributed by atoms with Gasteiger partial charge in [0.15, 0.2) is 17.5 Å². The smallest absolute Gasteiger partial charge is 0.196 e. The highest BCUT2D eigenvalue weighted by atomic mass is 19.2. The average molecular weight is 245 g/mol. The Labute approximate surface area is 100 Å². The number of anilines is 1. The van der Waals surface area contributed by atoms with Crippen LogP contribution >= 0.6 is 0 Å². The molecule has 0 aromatic heterocycles. The van der Waals surface area contributed by atoms with Crippen LogP contribution in [0.25, 0.3) is 0 Å². The molecule has 1 aromatic carbocycles. The van der Waals surface area contributed by atoms with Crippen molar-refractivity contribution in [3.8, 4) is 0 Å². The highest BCUT2D eigenvalue weighted by Gasteiger charge is 2.12. The second kappa shape index (κ2) is 7.20. The third-order valence-electron chi connectivity index (χ3n) is 2.63.